The molecule has 2 fully saturated rings. The van der Waals surface area contributed by atoms with Crippen LogP contribution in [0.5, 0.6) is 0 Å². The molecule has 3 heterocycles. The van der Waals surface area contributed by atoms with E-state index in [1.807, 2.05) is 42.2 Å². The van der Waals surface area contributed by atoms with Crippen molar-refractivity contribution in [3.05, 3.63) is 54.2 Å². The predicted molar refractivity (Wildman–Crippen MR) is 124 cm³/mol. The lowest BCUT2D eigenvalue weighted by Gasteiger charge is -2.35. The van der Waals surface area contributed by atoms with Gasteiger partial charge in [0.05, 0.1) is 11.4 Å². The third-order valence-corrected chi connectivity index (χ3v) is 8.10. The Kier molecular flexibility index (Phi) is 7.07. The van der Waals surface area contributed by atoms with Gasteiger partial charge in [-0.2, -0.15) is 4.31 Å². The summed E-state index contributed by atoms with van der Waals surface area (Å²) in [4.78, 5) is 21.5. The molecular formula is C23H31N5O3S. The first-order valence-corrected chi connectivity index (χ1v) is 12.6. The highest BCUT2D eigenvalue weighted by Crippen LogP contribution is 2.19. The van der Waals surface area contributed by atoms with Gasteiger partial charge < -0.3 is 10.2 Å². The molecule has 0 spiro atoms. The number of benzene rings is 1. The number of piperazine rings is 1. The standard InChI is InChI=1S/C23H31N5O3S/c1-19-5-7-21(8-6-19)32(30,31)28-16-14-26(15-17-28)18-23(29)25-20-9-12-27(13-10-20)22-4-2-3-11-24-22/h2-8,11,20H,9-10,12-18H2,1H3,(H,25,29). The van der Waals surface area contributed by atoms with Gasteiger partial charge in [0.2, 0.25) is 15.9 Å². The van der Waals surface area contributed by atoms with Crippen molar-refractivity contribution in [2.24, 2.45) is 0 Å². The number of nitrogens with zero attached hydrogens (tertiary/aromatic N) is 4. The minimum Gasteiger partial charge on any atom is -0.356 e. The van der Waals surface area contributed by atoms with Crippen LogP contribution in [0.1, 0.15) is 18.4 Å². The predicted octanol–water partition coefficient (Wildman–Crippen LogP) is 1.48. The topological polar surface area (TPSA) is 85.8 Å². The number of hydrogen-bond acceptors (Lipinski definition) is 6. The Morgan fingerprint density at radius 2 is 1.69 bits per heavy atom. The van der Waals surface area contributed by atoms with E-state index >= 15 is 0 Å². The number of amides is 1. The number of piperidine rings is 1. The van der Waals surface area contributed by atoms with E-state index in [-0.39, 0.29) is 11.9 Å². The maximum Gasteiger partial charge on any atom is 0.243 e. The number of hydrogen-bond donors (Lipinski definition) is 1. The summed E-state index contributed by atoms with van der Waals surface area (Å²) in [5.41, 5.74) is 1.03. The molecule has 1 aromatic carbocycles. The summed E-state index contributed by atoms with van der Waals surface area (Å²) in [6, 6.07) is 13.0. The maximum absolute atomic E-state index is 12.8. The van der Waals surface area contributed by atoms with Crippen LogP contribution in [0.25, 0.3) is 0 Å². The Morgan fingerprint density at radius 3 is 2.31 bits per heavy atom. The zero-order valence-electron chi connectivity index (χ0n) is 18.5. The lowest BCUT2D eigenvalue weighted by Crippen LogP contribution is -2.52. The van der Waals surface area contributed by atoms with E-state index in [9.17, 15) is 13.2 Å². The van der Waals surface area contributed by atoms with Gasteiger partial charge in [-0.1, -0.05) is 23.8 Å². The van der Waals surface area contributed by atoms with Crippen LogP contribution in [0.15, 0.2) is 53.6 Å². The molecule has 0 unspecified atom stereocenters. The second-order valence-electron chi connectivity index (χ2n) is 8.51. The smallest absolute Gasteiger partial charge is 0.243 e. The largest absolute Gasteiger partial charge is 0.356 e. The van der Waals surface area contributed by atoms with Crippen LogP contribution in [0, 0.1) is 6.92 Å². The highest BCUT2D eigenvalue weighted by Gasteiger charge is 2.29. The fraction of sp³-hybridized carbons (Fsp3) is 0.478. The van der Waals surface area contributed by atoms with Gasteiger partial charge in [0.25, 0.3) is 0 Å². The number of aryl methyl sites for hydroxylation is 1. The summed E-state index contributed by atoms with van der Waals surface area (Å²) < 4.78 is 27.2. The Bertz CT molecular complexity index is 998. The molecule has 8 nitrogen and oxygen atoms in total. The average molecular weight is 458 g/mol. The number of carbonyl (C=O) groups is 1. The fourth-order valence-electron chi connectivity index (χ4n) is 4.26. The molecule has 172 valence electrons. The normalized spacial score (nSPS) is 19.1. The number of anilines is 1. The molecule has 9 heteroatoms. The highest BCUT2D eigenvalue weighted by atomic mass is 32.2. The quantitative estimate of drug-likeness (QED) is 0.707. The Morgan fingerprint density at radius 1 is 1.00 bits per heavy atom. The third-order valence-electron chi connectivity index (χ3n) is 6.19. The number of aromatic nitrogens is 1. The van der Waals surface area contributed by atoms with Crippen molar-refractivity contribution < 1.29 is 13.2 Å². The van der Waals surface area contributed by atoms with Crippen molar-refractivity contribution in [2.45, 2.75) is 30.7 Å². The maximum atomic E-state index is 12.8. The molecule has 0 radical (unpaired) electrons. The number of pyridine rings is 1. The summed E-state index contributed by atoms with van der Waals surface area (Å²) >= 11 is 0. The van der Waals surface area contributed by atoms with Gasteiger partial charge in [-0.05, 0) is 44.0 Å². The number of carbonyl (C=O) groups excluding carboxylic acids is 1. The van der Waals surface area contributed by atoms with Gasteiger partial charge in [-0.15, -0.1) is 0 Å². The van der Waals surface area contributed by atoms with E-state index < -0.39 is 10.0 Å². The molecule has 2 saturated heterocycles. The van der Waals surface area contributed by atoms with Gasteiger partial charge >= 0.3 is 0 Å². The molecule has 2 aromatic rings. The Hall–Kier alpha value is -2.49. The van der Waals surface area contributed by atoms with Crippen LogP contribution in [0.3, 0.4) is 0 Å². The van der Waals surface area contributed by atoms with Crippen molar-refractivity contribution in [3.8, 4) is 0 Å². The van der Waals surface area contributed by atoms with Crippen LogP contribution in [0.4, 0.5) is 5.82 Å². The first kappa shape index (κ1) is 22.7. The fourth-order valence-corrected chi connectivity index (χ4v) is 5.68. The molecule has 1 aromatic heterocycles. The molecule has 4 rings (SSSR count). The number of sulfonamides is 1. The third kappa shape index (κ3) is 5.46. The lowest BCUT2D eigenvalue weighted by molar-refractivity contribution is -0.123. The van der Waals surface area contributed by atoms with Gasteiger partial charge in [0.15, 0.2) is 0 Å². The van der Waals surface area contributed by atoms with Crippen molar-refractivity contribution in [3.63, 3.8) is 0 Å². The van der Waals surface area contributed by atoms with Gasteiger partial charge in [-0.3, -0.25) is 9.69 Å². The molecular weight excluding hydrogens is 426 g/mol. The first-order chi connectivity index (χ1) is 15.4. The minimum absolute atomic E-state index is 0.0103. The Balaban J connectivity index is 1.21. The molecule has 2 aliphatic heterocycles. The minimum atomic E-state index is -3.49. The zero-order valence-corrected chi connectivity index (χ0v) is 19.3. The lowest BCUT2D eigenvalue weighted by atomic mass is 10.0. The van der Waals surface area contributed by atoms with Gasteiger partial charge in [0.1, 0.15) is 5.82 Å². The van der Waals surface area contributed by atoms with Crippen LogP contribution in [-0.2, 0) is 14.8 Å². The van der Waals surface area contributed by atoms with Gasteiger partial charge in [-0.25, -0.2) is 13.4 Å². The molecule has 0 bridgehead atoms. The summed E-state index contributed by atoms with van der Waals surface area (Å²) in [6.07, 6.45) is 3.59. The molecule has 1 N–H and O–H groups in total. The van der Waals surface area contributed by atoms with Crippen molar-refractivity contribution >= 4 is 21.7 Å². The van der Waals surface area contributed by atoms with Crippen LogP contribution >= 0.6 is 0 Å². The van der Waals surface area contributed by atoms with Crippen LogP contribution in [0.2, 0.25) is 0 Å². The van der Waals surface area contributed by atoms with Gasteiger partial charge in [0, 0.05) is 51.5 Å². The number of rotatable bonds is 6. The van der Waals surface area contributed by atoms with Crippen molar-refractivity contribution in [2.75, 3.05) is 50.7 Å². The van der Waals surface area contributed by atoms with E-state index in [0.29, 0.717) is 37.6 Å². The average Bonchev–Trinajstić information content (AvgIpc) is 2.81. The second kappa shape index (κ2) is 9.97. The SMILES string of the molecule is Cc1ccc(S(=O)(=O)N2CCN(CC(=O)NC3CCN(c4ccccn4)CC3)CC2)cc1. The Labute approximate surface area is 190 Å². The molecule has 0 saturated carbocycles. The van der Waals surface area contributed by atoms with Crippen LogP contribution in [-0.4, -0.2) is 80.4 Å². The molecule has 0 atom stereocenters. The molecule has 1 amide bonds. The van der Waals surface area contributed by atoms with E-state index in [0.717, 1.165) is 37.3 Å². The summed E-state index contributed by atoms with van der Waals surface area (Å²) in [6.45, 7) is 5.88. The molecule has 0 aliphatic carbocycles. The van der Waals surface area contributed by atoms with E-state index in [1.165, 1.54) is 4.31 Å². The van der Waals surface area contributed by atoms with E-state index in [4.69, 9.17) is 0 Å². The van der Waals surface area contributed by atoms with Crippen LogP contribution < -0.4 is 10.2 Å². The van der Waals surface area contributed by atoms with E-state index in [2.05, 4.69) is 15.2 Å². The molecule has 32 heavy (non-hydrogen) atoms. The zero-order chi connectivity index (χ0) is 22.6. The van der Waals surface area contributed by atoms with E-state index in [1.54, 1.807) is 18.3 Å². The number of nitrogens with one attached hydrogen (secondary N) is 1. The monoisotopic (exact) mass is 457 g/mol. The second-order valence-corrected chi connectivity index (χ2v) is 10.4. The summed E-state index contributed by atoms with van der Waals surface area (Å²) in [5, 5.41) is 3.15. The first-order valence-electron chi connectivity index (χ1n) is 11.2. The van der Waals surface area contributed by atoms with Crippen molar-refractivity contribution in [1.29, 1.82) is 0 Å². The molecule has 2 aliphatic rings. The summed E-state index contributed by atoms with van der Waals surface area (Å²) in [7, 11) is -3.49. The summed E-state index contributed by atoms with van der Waals surface area (Å²) in [5.74, 6) is 0.992. The highest BCUT2D eigenvalue weighted by molar-refractivity contribution is 7.89. The van der Waals surface area contributed by atoms with Crippen molar-refractivity contribution in [1.82, 2.24) is 19.5 Å².